The summed E-state index contributed by atoms with van der Waals surface area (Å²) in [7, 11) is 1.77. The van der Waals surface area contributed by atoms with E-state index in [0.717, 1.165) is 6.42 Å². The molecule has 0 heterocycles. The zero-order chi connectivity index (χ0) is 16.0. The lowest BCUT2D eigenvalue weighted by molar-refractivity contribution is -0.136. The summed E-state index contributed by atoms with van der Waals surface area (Å²) >= 11 is 0. The lowest BCUT2D eigenvalue weighted by atomic mass is 10.0. The Labute approximate surface area is 126 Å². The third kappa shape index (κ3) is 5.85. The van der Waals surface area contributed by atoms with E-state index in [4.69, 9.17) is 5.11 Å². The number of aliphatic carboxylic acids is 1. The van der Waals surface area contributed by atoms with Gasteiger partial charge in [-0.3, -0.25) is 4.79 Å². The van der Waals surface area contributed by atoms with Gasteiger partial charge in [0.15, 0.2) is 0 Å². The lowest BCUT2D eigenvalue weighted by Crippen LogP contribution is -2.38. The summed E-state index contributed by atoms with van der Waals surface area (Å²) in [5, 5.41) is 11.6. The maximum absolute atomic E-state index is 12.2. The molecule has 0 fully saturated rings. The summed E-state index contributed by atoms with van der Waals surface area (Å²) in [5.74, 6) is -0.365. The van der Waals surface area contributed by atoms with Crippen LogP contribution in [0.1, 0.15) is 32.8 Å². The van der Waals surface area contributed by atoms with Crippen molar-refractivity contribution in [3.63, 3.8) is 0 Å². The number of nitrogens with zero attached hydrogens (tertiary/aromatic N) is 1. The van der Waals surface area contributed by atoms with Gasteiger partial charge in [0.25, 0.3) is 0 Å². The van der Waals surface area contributed by atoms with Crippen LogP contribution in [0.4, 0.5) is 10.5 Å². The van der Waals surface area contributed by atoms with Crippen molar-refractivity contribution < 1.29 is 14.7 Å². The summed E-state index contributed by atoms with van der Waals surface area (Å²) in [4.78, 5) is 24.5. The number of anilines is 1. The first-order chi connectivity index (χ1) is 9.79. The van der Waals surface area contributed by atoms with Crippen molar-refractivity contribution in [3.05, 3.63) is 29.8 Å². The van der Waals surface area contributed by atoms with Crippen LogP contribution in [0.25, 0.3) is 0 Å². The molecule has 0 spiro atoms. The molecule has 21 heavy (non-hydrogen) atoms. The number of carbonyl (C=O) groups excluding carboxylic acids is 1. The van der Waals surface area contributed by atoms with Crippen LogP contribution in [-0.4, -0.2) is 35.1 Å². The fraction of sp³-hybridized carbons (Fsp3) is 0.500. The van der Waals surface area contributed by atoms with E-state index in [1.165, 1.54) is 0 Å². The molecule has 1 atom stereocenters. The second-order valence-corrected chi connectivity index (χ2v) is 5.79. The van der Waals surface area contributed by atoms with Crippen LogP contribution in [0.3, 0.4) is 0 Å². The quantitative estimate of drug-likeness (QED) is 0.845. The molecule has 5 heteroatoms. The third-order valence-corrected chi connectivity index (χ3v) is 3.33. The molecule has 0 radical (unpaired) electrons. The maximum Gasteiger partial charge on any atom is 0.321 e. The number of amides is 2. The molecular weight excluding hydrogens is 268 g/mol. The monoisotopic (exact) mass is 292 g/mol. The zero-order valence-corrected chi connectivity index (χ0v) is 13.1. The number of benzene rings is 1. The van der Waals surface area contributed by atoms with Crippen LogP contribution in [-0.2, 0) is 11.2 Å². The van der Waals surface area contributed by atoms with Gasteiger partial charge < -0.3 is 15.3 Å². The molecule has 0 aliphatic rings. The van der Waals surface area contributed by atoms with Gasteiger partial charge in [-0.05, 0) is 37.0 Å². The van der Waals surface area contributed by atoms with Crippen LogP contribution < -0.4 is 5.32 Å². The van der Waals surface area contributed by atoms with Crippen molar-refractivity contribution in [2.75, 3.05) is 12.4 Å². The van der Waals surface area contributed by atoms with Gasteiger partial charge in [0, 0.05) is 18.8 Å². The minimum absolute atomic E-state index is 0.0523. The normalized spacial score (nSPS) is 12.0. The number of urea groups is 1. The minimum Gasteiger partial charge on any atom is -0.481 e. The fourth-order valence-electron chi connectivity index (χ4n) is 2.19. The average Bonchev–Trinajstić information content (AvgIpc) is 2.36. The van der Waals surface area contributed by atoms with E-state index in [1.807, 2.05) is 6.92 Å². The fourth-order valence-corrected chi connectivity index (χ4v) is 2.19. The molecule has 0 saturated carbocycles. The lowest BCUT2D eigenvalue weighted by Gasteiger charge is -2.26. The third-order valence-electron chi connectivity index (χ3n) is 3.33. The Morgan fingerprint density at radius 2 is 1.95 bits per heavy atom. The molecule has 1 unspecified atom stereocenters. The second kappa shape index (κ2) is 7.67. The van der Waals surface area contributed by atoms with Crippen molar-refractivity contribution in [2.45, 2.75) is 39.7 Å². The number of hydrogen-bond acceptors (Lipinski definition) is 2. The average molecular weight is 292 g/mol. The van der Waals surface area contributed by atoms with Gasteiger partial charge >= 0.3 is 12.0 Å². The first-order valence-corrected chi connectivity index (χ1v) is 7.14. The number of carboxylic acids is 1. The van der Waals surface area contributed by atoms with E-state index in [-0.39, 0.29) is 18.5 Å². The van der Waals surface area contributed by atoms with E-state index in [0.29, 0.717) is 17.2 Å². The molecular formula is C16H24N2O3. The van der Waals surface area contributed by atoms with E-state index >= 15 is 0 Å². The second-order valence-electron chi connectivity index (χ2n) is 5.79. The van der Waals surface area contributed by atoms with Gasteiger partial charge in [-0.2, -0.15) is 0 Å². The maximum atomic E-state index is 12.2. The molecule has 2 amide bonds. The Balaban J connectivity index is 2.67. The molecule has 0 saturated heterocycles. The zero-order valence-electron chi connectivity index (χ0n) is 13.1. The predicted octanol–water partition coefficient (Wildman–Crippen LogP) is 3.21. The molecule has 0 bridgehead atoms. The van der Waals surface area contributed by atoms with Gasteiger partial charge in [-0.1, -0.05) is 26.0 Å². The number of hydrogen-bond donors (Lipinski definition) is 2. The highest BCUT2D eigenvalue weighted by atomic mass is 16.4. The predicted molar refractivity (Wildman–Crippen MR) is 83.5 cm³/mol. The van der Waals surface area contributed by atoms with Crippen LogP contribution in [0, 0.1) is 5.92 Å². The van der Waals surface area contributed by atoms with Crippen molar-refractivity contribution in [1.29, 1.82) is 0 Å². The smallest absolute Gasteiger partial charge is 0.321 e. The van der Waals surface area contributed by atoms with Crippen LogP contribution in [0.2, 0.25) is 0 Å². The van der Waals surface area contributed by atoms with Crippen LogP contribution >= 0.6 is 0 Å². The highest BCUT2D eigenvalue weighted by Crippen LogP contribution is 2.14. The number of rotatable bonds is 6. The molecule has 1 aromatic rings. The van der Waals surface area contributed by atoms with Gasteiger partial charge in [0.05, 0.1) is 6.42 Å². The number of nitrogens with one attached hydrogen (secondary N) is 1. The van der Waals surface area contributed by atoms with E-state index in [9.17, 15) is 9.59 Å². The van der Waals surface area contributed by atoms with Crippen molar-refractivity contribution >= 4 is 17.7 Å². The van der Waals surface area contributed by atoms with Crippen molar-refractivity contribution in [2.24, 2.45) is 5.92 Å². The summed E-state index contributed by atoms with van der Waals surface area (Å²) in [6, 6.07) is 6.88. The van der Waals surface area contributed by atoms with Gasteiger partial charge in [0.1, 0.15) is 0 Å². The van der Waals surface area contributed by atoms with E-state index in [2.05, 4.69) is 19.2 Å². The number of carboxylic acid groups (broad SMARTS) is 1. The Morgan fingerprint density at radius 3 is 2.52 bits per heavy atom. The highest BCUT2D eigenvalue weighted by Gasteiger charge is 2.16. The Bertz CT molecular complexity index is 500. The Morgan fingerprint density at radius 1 is 1.29 bits per heavy atom. The van der Waals surface area contributed by atoms with Gasteiger partial charge in [-0.25, -0.2) is 4.79 Å². The van der Waals surface area contributed by atoms with Crippen molar-refractivity contribution in [3.8, 4) is 0 Å². The number of carbonyl (C=O) groups is 2. The van der Waals surface area contributed by atoms with Gasteiger partial charge in [-0.15, -0.1) is 0 Å². The first-order valence-electron chi connectivity index (χ1n) is 7.14. The summed E-state index contributed by atoms with van der Waals surface area (Å²) < 4.78 is 0. The molecule has 5 nitrogen and oxygen atoms in total. The molecule has 1 rings (SSSR count). The van der Waals surface area contributed by atoms with E-state index in [1.54, 1.807) is 36.2 Å². The van der Waals surface area contributed by atoms with Gasteiger partial charge in [0.2, 0.25) is 0 Å². The van der Waals surface area contributed by atoms with E-state index < -0.39 is 5.97 Å². The summed E-state index contributed by atoms with van der Waals surface area (Å²) in [5.41, 5.74) is 1.28. The van der Waals surface area contributed by atoms with Crippen LogP contribution in [0.15, 0.2) is 24.3 Å². The molecule has 2 N–H and O–H groups in total. The molecule has 0 aliphatic carbocycles. The Kier molecular flexibility index (Phi) is 6.21. The van der Waals surface area contributed by atoms with Crippen LogP contribution in [0.5, 0.6) is 0 Å². The summed E-state index contributed by atoms with van der Waals surface area (Å²) in [6.07, 6.45) is 0.881. The van der Waals surface area contributed by atoms with Crippen molar-refractivity contribution in [1.82, 2.24) is 4.90 Å². The molecule has 116 valence electrons. The molecule has 1 aromatic carbocycles. The highest BCUT2D eigenvalue weighted by molar-refractivity contribution is 5.89. The molecule has 0 aromatic heterocycles. The Hall–Kier alpha value is -2.04. The minimum atomic E-state index is -0.888. The largest absolute Gasteiger partial charge is 0.481 e. The SMILES string of the molecule is CC(C)CC(C)N(C)C(=O)Nc1cccc(CC(=O)O)c1. The standard InChI is InChI=1S/C16H24N2O3/c1-11(2)8-12(3)18(4)16(21)17-14-7-5-6-13(9-14)10-15(19)20/h5-7,9,11-12H,8,10H2,1-4H3,(H,17,21)(H,19,20). The molecule has 0 aliphatic heterocycles. The topological polar surface area (TPSA) is 69.6 Å². The first kappa shape index (κ1) is 17.0. The summed E-state index contributed by atoms with van der Waals surface area (Å²) in [6.45, 7) is 6.26.